The molecule has 1 rings (SSSR count). The topological polar surface area (TPSA) is 23.8 Å². The first-order chi connectivity index (χ1) is 3.83. The van der Waals surface area contributed by atoms with Crippen LogP contribution < -0.4 is 0 Å². The standard InChI is InChI=1S/C6H8FN/c7-6-2-1-5(3-6)4-8/h5-6H,1-3H2. The molecule has 1 saturated carbocycles. The summed E-state index contributed by atoms with van der Waals surface area (Å²) in [4.78, 5) is 0. The molecule has 0 N–H and O–H groups in total. The minimum atomic E-state index is -0.695. The summed E-state index contributed by atoms with van der Waals surface area (Å²) in [5.41, 5.74) is 0. The number of halogens is 1. The molecule has 1 aliphatic carbocycles. The third-order valence-electron chi connectivity index (χ3n) is 1.55. The molecule has 0 saturated heterocycles. The fourth-order valence-corrected chi connectivity index (χ4v) is 1.04. The van der Waals surface area contributed by atoms with Gasteiger partial charge in [0.25, 0.3) is 0 Å². The zero-order valence-corrected chi connectivity index (χ0v) is 4.60. The van der Waals surface area contributed by atoms with Crippen LogP contribution in [-0.2, 0) is 0 Å². The van der Waals surface area contributed by atoms with Crippen molar-refractivity contribution in [3.05, 3.63) is 0 Å². The second kappa shape index (κ2) is 2.13. The predicted molar refractivity (Wildman–Crippen MR) is 27.8 cm³/mol. The van der Waals surface area contributed by atoms with Gasteiger partial charge in [0.1, 0.15) is 6.17 Å². The minimum absolute atomic E-state index is 0.00463. The number of rotatable bonds is 0. The third kappa shape index (κ3) is 0.975. The molecule has 0 heterocycles. The molecule has 0 amide bonds. The molecule has 8 heavy (non-hydrogen) atoms. The van der Waals surface area contributed by atoms with Crippen LogP contribution in [-0.4, -0.2) is 6.17 Å². The predicted octanol–water partition coefficient (Wildman–Crippen LogP) is 1.65. The maximum Gasteiger partial charge on any atom is 0.101 e. The zero-order valence-electron chi connectivity index (χ0n) is 4.60. The Morgan fingerprint density at radius 3 is 2.50 bits per heavy atom. The fourth-order valence-electron chi connectivity index (χ4n) is 1.04. The van der Waals surface area contributed by atoms with Crippen molar-refractivity contribution >= 4 is 0 Å². The van der Waals surface area contributed by atoms with E-state index in [1.807, 2.05) is 0 Å². The Kier molecular flexibility index (Phi) is 1.48. The molecule has 0 aromatic heterocycles. The van der Waals surface area contributed by atoms with Crippen molar-refractivity contribution in [3.63, 3.8) is 0 Å². The Balaban J connectivity index is 2.35. The van der Waals surface area contributed by atoms with Gasteiger partial charge in [0.05, 0.1) is 6.07 Å². The summed E-state index contributed by atoms with van der Waals surface area (Å²) in [5, 5.41) is 8.27. The SMILES string of the molecule is N#CC1CCC(F)C1. The van der Waals surface area contributed by atoms with E-state index in [2.05, 4.69) is 6.07 Å². The molecule has 2 heteroatoms. The van der Waals surface area contributed by atoms with Gasteiger partial charge >= 0.3 is 0 Å². The van der Waals surface area contributed by atoms with Gasteiger partial charge in [0.15, 0.2) is 0 Å². The summed E-state index contributed by atoms with van der Waals surface area (Å²) in [7, 11) is 0. The van der Waals surface area contributed by atoms with E-state index >= 15 is 0 Å². The van der Waals surface area contributed by atoms with Gasteiger partial charge in [0, 0.05) is 5.92 Å². The highest BCUT2D eigenvalue weighted by Gasteiger charge is 2.23. The molecule has 0 aromatic carbocycles. The van der Waals surface area contributed by atoms with Crippen molar-refractivity contribution in [1.29, 1.82) is 5.26 Å². The molecular formula is C6H8FN. The quantitative estimate of drug-likeness (QED) is 0.468. The summed E-state index contributed by atoms with van der Waals surface area (Å²) >= 11 is 0. The maximum absolute atomic E-state index is 12.2. The zero-order chi connectivity index (χ0) is 5.98. The Hall–Kier alpha value is -0.580. The van der Waals surface area contributed by atoms with Crippen LogP contribution in [0, 0.1) is 17.2 Å². The highest BCUT2D eigenvalue weighted by atomic mass is 19.1. The summed E-state index contributed by atoms with van der Waals surface area (Å²) in [6.07, 6.45) is 1.13. The lowest BCUT2D eigenvalue weighted by molar-refractivity contribution is 0.338. The Labute approximate surface area is 48.1 Å². The highest BCUT2D eigenvalue weighted by Crippen LogP contribution is 2.26. The molecule has 0 spiro atoms. The molecule has 1 aliphatic rings. The monoisotopic (exact) mass is 113 g/mol. The van der Waals surface area contributed by atoms with Crippen molar-refractivity contribution in [3.8, 4) is 6.07 Å². The molecule has 0 aromatic rings. The third-order valence-corrected chi connectivity index (χ3v) is 1.55. The smallest absolute Gasteiger partial charge is 0.101 e. The lowest BCUT2D eigenvalue weighted by Gasteiger charge is -1.91. The van der Waals surface area contributed by atoms with E-state index in [1.165, 1.54) is 0 Å². The van der Waals surface area contributed by atoms with Gasteiger partial charge in [-0.15, -0.1) is 0 Å². The molecule has 1 nitrogen and oxygen atoms in total. The van der Waals surface area contributed by atoms with Crippen LogP contribution in [0.2, 0.25) is 0 Å². The van der Waals surface area contributed by atoms with E-state index in [0.29, 0.717) is 12.8 Å². The Morgan fingerprint density at radius 1 is 1.50 bits per heavy atom. The Morgan fingerprint density at radius 2 is 2.25 bits per heavy atom. The van der Waals surface area contributed by atoms with Gasteiger partial charge in [0.2, 0.25) is 0 Å². The van der Waals surface area contributed by atoms with Crippen LogP contribution in [0.3, 0.4) is 0 Å². The van der Waals surface area contributed by atoms with E-state index in [-0.39, 0.29) is 5.92 Å². The molecule has 2 atom stereocenters. The largest absolute Gasteiger partial charge is 0.247 e. The van der Waals surface area contributed by atoms with E-state index in [0.717, 1.165) is 6.42 Å². The van der Waals surface area contributed by atoms with Crippen molar-refractivity contribution in [2.45, 2.75) is 25.4 Å². The first kappa shape index (κ1) is 5.55. The molecule has 0 radical (unpaired) electrons. The van der Waals surface area contributed by atoms with Crippen LogP contribution in [0.25, 0.3) is 0 Å². The average Bonchev–Trinajstić information content (AvgIpc) is 2.14. The highest BCUT2D eigenvalue weighted by molar-refractivity contribution is 4.89. The van der Waals surface area contributed by atoms with Crippen molar-refractivity contribution in [1.82, 2.24) is 0 Å². The Bertz CT molecular complexity index is 116. The first-order valence-electron chi connectivity index (χ1n) is 2.86. The lowest BCUT2D eigenvalue weighted by atomic mass is 10.1. The van der Waals surface area contributed by atoms with Gasteiger partial charge in [-0.2, -0.15) is 5.26 Å². The summed E-state index contributed by atoms with van der Waals surface area (Å²) in [6.45, 7) is 0. The van der Waals surface area contributed by atoms with Gasteiger partial charge in [-0.25, -0.2) is 4.39 Å². The van der Waals surface area contributed by atoms with Gasteiger partial charge < -0.3 is 0 Å². The number of nitriles is 1. The summed E-state index contributed by atoms with van der Waals surface area (Å²) in [5.74, 6) is 0.00463. The minimum Gasteiger partial charge on any atom is -0.247 e. The molecule has 0 bridgehead atoms. The normalized spacial score (nSPS) is 37.0. The van der Waals surface area contributed by atoms with Crippen LogP contribution in [0.4, 0.5) is 4.39 Å². The number of hydrogen-bond acceptors (Lipinski definition) is 1. The number of alkyl halides is 1. The maximum atomic E-state index is 12.2. The van der Waals surface area contributed by atoms with E-state index in [4.69, 9.17) is 5.26 Å². The summed E-state index contributed by atoms with van der Waals surface area (Å²) < 4.78 is 12.2. The second-order valence-electron chi connectivity index (χ2n) is 2.24. The van der Waals surface area contributed by atoms with Gasteiger partial charge in [-0.05, 0) is 19.3 Å². The number of hydrogen-bond donors (Lipinski definition) is 0. The van der Waals surface area contributed by atoms with Crippen LogP contribution in [0.1, 0.15) is 19.3 Å². The molecular weight excluding hydrogens is 105 g/mol. The summed E-state index contributed by atoms with van der Waals surface area (Å²) in [6, 6.07) is 2.05. The van der Waals surface area contributed by atoms with E-state index in [1.54, 1.807) is 0 Å². The van der Waals surface area contributed by atoms with Gasteiger partial charge in [-0.3, -0.25) is 0 Å². The van der Waals surface area contributed by atoms with Crippen molar-refractivity contribution in [2.75, 3.05) is 0 Å². The van der Waals surface area contributed by atoms with Gasteiger partial charge in [-0.1, -0.05) is 0 Å². The average molecular weight is 113 g/mol. The number of nitrogens with zero attached hydrogens (tertiary/aromatic N) is 1. The van der Waals surface area contributed by atoms with Crippen LogP contribution >= 0.6 is 0 Å². The molecule has 44 valence electrons. The van der Waals surface area contributed by atoms with Crippen molar-refractivity contribution in [2.24, 2.45) is 5.92 Å². The fraction of sp³-hybridized carbons (Fsp3) is 0.833. The van der Waals surface area contributed by atoms with Crippen LogP contribution in [0.15, 0.2) is 0 Å². The van der Waals surface area contributed by atoms with Crippen LogP contribution in [0.5, 0.6) is 0 Å². The second-order valence-corrected chi connectivity index (χ2v) is 2.24. The lowest BCUT2D eigenvalue weighted by Crippen LogP contribution is -1.91. The van der Waals surface area contributed by atoms with Crippen molar-refractivity contribution < 1.29 is 4.39 Å². The van der Waals surface area contributed by atoms with E-state index in [9.17, 15) is 4.39 Å². The molecule has 2 unspecified atom stereocenters. The first-order valence-corrected chi connectivity index (χ1v) is 2.86. The molecule has 0 aliphatic heterocycles. The van der Waals surface area contributed by atoms with E-state index < -0.39 is 6.17 Å². The molecule has 1 fully saturated rings.